The van der Waals surface area contributed by atoms with Crippen LogP contribution in [-0.2, 0) is 11.2 Å². The molecule has 1 heterocycles. The van der Waals surface area contributed by atoms with Crippen LogP contribution in [0.15, 0.2) is 0 Å². The van der Waals surface area contributed by atoms with Crippen molar-refractivity contribution in [3.05, 3.63) is 11.4 Å². The van der Waals surface area contributed by atoms with Crippen LogP contribution in [-0.4, -0.2) is 36.8 Å². The predicted molar refractivity (Wildman–Crippen MR) is 67.7 cm³/mol. The van der Waals surface area contributed by atoms with E-state index in [-0.39, 0.29) is 0 Å². The molecule has 17 heavy (non-hydrogen) atoms. The van der Waals surface area contributed by atoms with Crippen molar-refractivity contribution in [3.8, 4) is 5.88 Å². The maximum atomic E-state index is 5.59. The van der Waals surface area contributed by atoms with E-state index in [9.17, 15) is 0 Å². The molecule has 5 heteroatoms. The SMILES string of the molecule is CCNc1nc(CC)nc(OCCOC)c1C. The van der Waals surface area contributed by atoms with Gasteiger partial charge in [-0.2, -0.15) is 4.98 Å². The lowest BCUT2D eigenvalue weighted by Crippen LogP contribution is -2.11. The van der Waals surface area contributed by atoms with Gasteiger partial charge in [0.05, 0.1) is 12.2 Å². The maximum Gasteiger partial charge on any atom is 0.221 e. The van der Waals surface area contributed by atoms with Gasteiger partial charge >= 0.3 is 0 Å². The standard InChI is InChI=1S/C12H21N3O2/c1-5-10-14-11(13-6-2)9(3)12(15-10)17-8-7-16-4/h5-8H2,1-4H3,(H,13,14,15). The summed E-state index contributed by atoms with van der Waals surface area (Å²) in [7, 11) is 1.65. The Labute approximate surface area is 103 Å². The van der Waals surface area contributed by atoms with Crippen molar-refractivity contribution in [1.29, 1.82) is 0 Å². The van der Waals surface area contributed by atoms with Crippen molar-refractivity contribution in [1.82, 2.24) is 9.97 Å². The van der Waals surface area contributed by atoms with Gasteiger partial charge < -0.3 is 14.8 Å². The summed E-state index contributed by atoms with van der Waals surface area (Å²) in [4.78, 5) is 8.81. The van der Waals surface area contributed by atoms with Crippen LogP contribution in [0.4, 0.5) is 5.82 Å². The summed E-state index contributed by atoms with van der Waals surface area (Å²) in [6.45, 7) is 7.92. The molecule has 0 aromatic carbocycles. The molecule has 0 amide bonds. The van der Waals surface area contributed by atoms with E-state index in [1.165, 1.54) is 0 Å². The Morgan fingerprint density at radius 1 is 1.18 bits per heavy atom. The molecule has 0 unspecified atom stereocenters. The van der Waals surface area contributed by atoms with Gasteiger partial charge in [0, 0.05) is 20.1 Å². The second-order valence-corrected chi connectivity index (χ2v) is 3.64. The third kappa shape index (κ3) is 3.85. The van der Waals surface area contributed by atoms with E-state index in [0.717, 1.165) is 30.2 Å². The monoisotopic (exact) mass is 239 g/mol. The van der Waals surface area contributed by atoms with Gasteiger partial charge in [-0.25, -0.2) is 4.98 Å². The number of nitrogens with one attached hydrogen (secondary N) is 1. The number of anilines is 1. The fourth-order valence-corrected chi connectivity index (χ4v) is 1.40. The Morgan fingerprint density at radius 2 is 1.94 bits per heavy atom. The first-order chi connectivity index (χ1) is 8.22. The minimum atomic E-state index is 0.503. The Bertz CT molecular complexity index is 356. The highest BCUT2D eigenvalue weighted by molar-refractivity contribution is 5.48. The topological polar surface area (TPSA) is 56.3 Å². The molecule has 0 saturated heterocycles. The van der Waals surface area contributed by atoms with Crippen molar-refractivity contribution in [3.63, 3.8) is 0 Å². The highest BCUT2D eigenvalue weighted by Gasteiger charge is 2.10. The number of aromatic nitrogens is 2. The predicted octanol–water partition coefficient (Wildman–Crippen LogP) is 1.80. The van der Waals surface area contributed by atoms with Crippen molar-refractivity contribution >= 4 is 5.82 Å². The summed E-state index contributed by atoms with van der Waals surface area (Å²) in [5, 5.41) is 3.22. The molecule has 0 spiro atoms. The van der Waals surface area contributed by atoms with Gasteiger partial charge in [-0.1, -0.05) is 6.92 Å². The van der Waals surface area contributed by atoms with Crippen LogP contribution in [0.25, 0.3) is 0 Å². The first-order valence-electron chi connectivity index (χ1n) is 5.96. The van der Waals surface area contributed by atoms with Gasteiger partial charge in [0.15, 0.2) is 0 Å². The first-order valence-corrected chi connectivity index (χ1v) is 5.96. The third-order valence-electron chi connectivity index (χ3n) is 2.33. The lowest BCUT2D eigenvalue weighted by molar-refractivity contribution is 0.143. The van der Waals surface area contributed by atoms with Crippen LogP contribution in [0.5, 0.6) is 5.88 Å². The molecule has 0 radical (unpaired) electrons. The number of aryl methyl sites for hydroxylation is 1. The highest BCUT2D eigenvalue weighted by Crippen LogP contribution is 2.22. The van der Waals surface area contributed by atoms with Crippen molar-refractivity contribution in [2.75, 3.05) is 32.2 Å². The molecule has 96 valence electrons. The van der Waals surface area contributed by atoms with Crippen LogP contribution < -0.4 is 10.1 Å². The number of rotatable bonds is 7. The quantitative estimate of drug-likeness (QED) is 0.735. The van der Waals surface area contributed by atoms with Crippen molar-refractivity contribution in [2.24, 2.45) is 0 Å². The first kappa shape index (κ1) is 13.7. The van der Waals surface area contributed by atoms with Crippen LogP contribution in [0.3, 0.4) is 0 Å². The normalized spacial score (nSPS) is 10.4. The van der Waals surface area contributed by atoms with Gasteiger partial charge in [0.25, 0.3) is 0 Å². The molecule has 0 aliphatic heterocycles. The van der Waals surface area contributed by atoms with E-state index in [4.69, 9.17) is 9.47 Å². The van der Waals surface area contributed by atoms with Gasteiger partial charge in [-0.15, -0.1) is 0 Å². The summed E-state index contributed by atoms with van der Waals surface area (Å²) in [5.74, 6) is 2.29. The molecule has 1 N–H and O–H groups in total. The molecule has 0 atom stereocenters. The zero-order valence-corrected chi connectivity index (χ0v) is 11.0. The average Bonchev–Trinajstić information content (AvgIpc) is 2.34. The molecule has 0 aliphatic carbocycles. The fraction of sp³-hybridized carbons (Fsp3) is 0.667. The molecule has 5 nitrogen and oxygen atoms in total. The molecule has 0 fully saturated rings. The maximum absolute atomic E-state index is 5.59. The van der Waals surface area contributed by atoms with E-state index in [0.29, 0.717) is 19.1 Å². The molecule has 1 aromatic heterocycles. The average molecular weight is 239 g/mol. The second kappa shape index (κ2) is 7.06. The number of ether oxygens (including phenoxy) is 2. The molecule has 1 rings (SSSR count). The van der Waals surface area contributed by atoms with Crippen LogP contribution >= 0.6 is 0 Å². The minimum Gasteiger partial charge on any atom is -0.475 e. The van der Waals surface area contributed by atoms with E-state index >= 15 is 0 Å². The smallest absolute Gasteiger partial charge is 0.221 e. The minimum absolute atomic E-state index is 0.503. The molecule has 0 saturated carbocycles. The van der Waals surface area contributed by atoms with E-state index in [1.807, 2.05) is 20.8 Å². The summed E-state index contributed by atoms with van der Waals surface area (Å²) < 4.78 is 10.5. The largest absolute Gasteiger partial charge is 0.475 e. The van der Waals surface area contributed by atoms with Crippen molar-refractivity contribution in [2.45, 2.75) is 27.2 Å². The second-order valence-electron chi connectivity index (χ2n) is 3.64. The fourth-order valence-electron chi connectivity index (χ4n) is 1.40. The summed E-state index contributed by atoms with van der Waals surface area (Å²) in [6.07, 6.45) is 0.791. The lowest BCUT2D eigenvalue weighted by atomic mass is 10.3. The van der Waals surface area contributed by atoms with E-state index in [2.05, 4.69) is 15.3 Å². The molecular weight excluding hydrogens is 218 g/mol. The summed E-state index contributed by atoms with van der Waals surface area (Å²) in [6, 6.07) is 0. The van der Waals surface area contributed by atoms with E-state index < -0.39 is 0 Å². The summed E-state index contributed by atoms with van der Waals surface area (Å²) >= 11 is 0. The van der Waals surface area contributed by atoms with Crippen LogP contribution in [0, 0.1) is 6.92 Å². The number of nitrogens with zero attached hydrogens (tertiary/aromatic N) is 2. The van der Waals surface area contributed by atoms with Gasteiger partial charge in [-0.05, 0) is 13.8 Å². The third-order valence-corrected chi connectivity index (χ3v) is 2.33. The molecule has 0 bridgehead atoms. The zero-order valence-electron chi connectivity index (χ0n) is 11.0. The molecular formula is C12H21N3O2. The number of hydrogen-bond acceptors (Lipinski definition) is 5. The Morgan fingerprint density at radius 3 is 2.53 bits per heavy atom. The van der Waals surface area contributed by atoms with Crippen LogP contribution in [0.1, 0.15) is 25.2 Å². The molecule has 1 aromatic rings. The highest BCUT2D eigenvalue weighted by atomic mass is 16.5. The van der Waals surface area contributed by atoms with Gasteiger partial charge in [0.2, 0.25) is 5.88 Å². The Kier molecular flexibility index (Phi) is 5.69. The van der Waals surface area contributed by atoms with Crippen molar-refractivity contribution < 1.29 is 9.47 Å². The molecule has 0 aliphatic rings. The van der Waals surface area contributed by atoms with E-state index in [1.54, 1.807) is 7.11 Å². The lowest BCUT2D eigenvalue weighted by Gasteiger charge is -2.13. The van der Waals surface area contributed by atoms with Gasteiger partial charge in [-0.3, -0.25) is 0 Å². The zero-order chi connectivity index (χ0) is 12.7. The Hall–Kier alpha value is -1.36. The number of hydrogen-bond donors (Lipinski definition) is 1. The van der Waals surface area contributed by atoms with Gasteiger partial charge in [0.1, 0.15) is 18.2 Å². The van der Waals surface area contributed by atoms with Crippen LogP contribution in [0.2, 0.25) is 0 Å². The number of methoxy groups -OCH3 is 1. The summed E-state index contributed by atoms with van der Waals surface area (Å²) in [5.41, 5.74) is 0.945. The Balaban J connectivity index is 2.89.